The van der Waals surface area contributed by atoms with Crippen LogP contribution in [0.2, 0.25) is 10.6 Å². The number of halogens is 1. The van der Waals surface area contributed by atoms with Crippen molar-refractivity contribution in [2.75, 3.05) is 0 Å². The van der Waals surface area contributed by atoms with E-state index in [0.29, 0.717) is 0 Å². The Morgan fingerprint density at radius 1 is 0.722 bits per heavy atom. The van der Waals surface area contributed by atoms with Gasteiger partial charge in [-0.15, -0.1) is 0 Å². The fraction of sp³-hybridized carbons (Fsp3) is 1.00. The van der Waals surface area contributed by atoms with Crippen LogP contribution in [0, 0.1) is 11.8 Å². The number of hydrogen-bond acceptors (Lipinski definition) is 0. The normalized spacial score (nSPS) is 13.6. The molecule has 108 valence electrons. The molecule has 0 N–H and O–H groups in total. The minimum absolute atomic E-state index is 0. The van der Waals surface area contributed by atoms with E-state index in [0.717, 1.165) is 27.1 Å². The zero-order chi connectivity index (χ0) is 12.9. The Bertz CT molecular complexity index is 134. The summed E-state index contributed by atoms with van der Waals surface area (Å²) in [4.78, 5) is 0. The third kappa shape index (κ3) is 11.9. The van der Waals surface area contributed by atoms with E-state index in [1.807, 2.05) is 0 Å². The van der Waals surface area contributed by atoms with E-state index in [1.165, 1.54) is 51.4 Å². The maximum Gasteiger partial charge on any atom is -1.00 e. The maximum atomic E-state index is 2.38. The van der Waals surface area contributed by atoms with Gasteiger partial charge in [-0.05, 0) is 0 Å². The Hall–Kier alpha value is 0.822. The fourth-order valence-electron chi connectivity index (χ4n) is 2.53. The first-order chi connectivity index (χ1) is 8.28. The molecular formula is C16H34AlCl. The Kier molecular flexibility index (Phi) is 18.6. The minimum Gasteiger partial charge on any atom is -1.00 e. The average Bonchev–Trinajstić information content (AvgIpc) is 2.37. The van der Waals surface area contributed by atoms with Gasteiger partial charge in [-0.2, -0.15) is 0 Å². The molecule has 0 aromatic rings. The topological polar surface area (TPSA) is 0 Å². The van der Waals surface area contributed by atoms with Gasteiger partial charge in [0.2, 0.25) is 0 Å². The van der Waals surface area contributed by atoms with Crippen molar-refractivity contribution < 1.29 is 12.4 Å². The van der Waals surface area contributed by atoms with Gasteiger partial charge in [0.1, 0.15) is 0 Å². The van der Waals surface area contributed by atoms with E-state index in [-0.39, 0.29) is 12.4 Å². The van der Waals surface area contributed by atoms with Gasteiger partial charge >= 0.3 is 117 Å². The summed E-state index contributed by atoms with van der Waals surface area (Å²) in [5.74, 6) is 2.10. The quantitative estimate of drug-likeness (QED) is 0.484. The average molecular weight is 289 g/mol. The summed E-state index contributed by atoms with van der Waals surface area (Å²) in [6.07, 6.45) is 11.5. The van der Waals surface area contributed by atoms with Crippen LogP contribution in [-0.4, -0.2) is 15.2 Å². The van der Waals surface area contributed by atoms with Crippen LogP contribution in [0.4, 0.5) is 0 Å². The van der Waals surface area contributed by atoms with Crippen molar-refractivity contribution in [1.29, 1.82) is 0 Å². The van der Waals surface area contributed by atoms with Gasteiger partial charge < -0.3 is 12.4 Å². The largest absolute Gasteiger partial charge is 1.00 e. The molecule has 18 heavy (non-hydrogen) atoms. The van der Waals surface area contributed by atoms with Crippen molar-refractivity contribution in [3.63, 3.8) is 0 Å². The maximum absolute atomic E-state index is 2.38. The Morgan fingerprint density at radius 3 is 1.39 bits per heavy atom. The fourth-order valence-corrected chi connectivity index (χ4v) is 4.80. The van der Waals surface area contributed by atoms with Gasteiger partial charge in [-0.3, -0.25) is 0 Å². The predicted octanol–water partition coefficient (Wildman–Crippen LogP) is 2.96. The number of rotatable bonds is 12. The first-order valence-corrected chi connectivity index (χ1v) is 9.73. The zero-order valence-corrected chi connectivity index (χ0v) is 15.1. The van der Waals surface area contributed by atoms with Gasteiger partial charge in [0, 0.05) is 0 Å². The molecule has 0 aliphatic carbocycles. The van der Waals surface area contributed by atoms with Crippen LogP contribution in [0.25, 0.3) is 0 Å². The molecule has 0 aliphatic rings. The van der Waals surface area contributed by atoms with Crippen molar-refractivity contribution in [3.8, 4) is 0 Å². The summed E-state index contributed by atoms with van der Waals surface area (Å²) in [5, 5.41) is 3.14. The van der Waals surface area contributed by atoms with Gasteiger partial charge in [-0.25, -0.2) is 0 Å². The smallest absolute Gasteiger partial charge is 1.00 e. The van der Waals surface area contributed by atoms with E-state index < -0.39 is 0 Å². The minimum atomic E-state index is 0. The Morgan fingerprint density at radius 2 is 1.11 bits per heavy atom. The number of unbranched alkanes of at least 4 members (excludes halogenated alkanes) is 2. The van der Waals surface area contributed by atoms with Crippen LogP contribution in [0.1, 0.15) is 79.1 Å². The van der Waals surface area contributed by atoms with E-state index >= 15 is 0 Å². The molecule has 0 bridgehead atoms. The van der Waals surface area contributed by atoms with Crippen LogP contribution in [0.5, 0.6) is 0 Å². The third-order valence-corrected chi connectivity index (χ3v) is 6.09. The van der Waals surface area contributed by atoms with Gasteiger partial charge in [0.15, 0.2) is 0 Å². The zero-order valence-electron chi connectivity index (χ0n) is 13.2. The monoisotopic (exact) mass is 288 g/mol. The second-order valence-corrected chi connectivity index (χ2v) is 7.11. The molecule has 0 nitrogen and oxygen atoms in total. The summed E-state index contributed by atoms with van der Waals surface area (Å²) >= 11 is 0.734. The summed E-state index contributed by atoms with van der Waals surface area (Å²) in [5.41, 5.74) is 0. The molecule has 0 rings (SSSR count). The van der Waals surface area contributed by atoms with E-state index in [1.54, 1.807) is 10.6 Å². The second-order valence-electron chi connectivity index (χ2n) is 5.59. The molecule has 0 saturated carbocycles. The summed E-state index contributed by atoms with van der Waals surface area (Å²) < 4.78 is 0. The summed E-state index contributed by atoms with van der Waals surface area (Å²) in [6.45, 7) is 9.40. The van der Waals surface area contributed by atoms with Gasteiger partial charge in [0.05, 0.1) is 0 Å². The van der Waals surface area contributed by atoms with E-state index in [4.69, 9.17) is 0 Å². The molecule has 0 amide bonds. The predicted molar refractivity (Wildman–Crippen MR) is 82.0 cm³/mol. The molecule has 0 fully saturated rings. The van der Waals surface area contributed by atoms with Gasteiger partial charge in [-0.1, -0.05) is 0 Å². The van der Waals surface area contributed by atoms with Crippen molar-refractivity contribution in [1.82, 2.24) is 0 Å². The molecular weight excluding hydrogens is 255 g/mol. The SMILES string of the molecule is CCCCC(CC)[CH2][Al+][CH2]C(CC)CCCC.[Cl-]. The van der Waals surface area contributed by atoms with Crippen LogP contribution in [0.3, 0.4) is 0 Å². The molecule has 0 aromatic heterocycles. The molecule has 2 atom stereocenters. The van der Waals surface area contributed by atoms with Crippen molar-refractivity contribution in [2.45, 2.75) is 89.6 Å². The van der Waals surface area contributed by atoms with Gasteiger partial charge in [0.25, 0.3) is 0 Å². The van der Waals surface area contributed by atoms with Crippen LogP contribution < -0.4 is 12.4 Å². The van der Waals surface area contributed by atoms with Crippen molar-refractivity contribution in [2.24, 2.45) is 11.8 Å². The molecule has 0 aliphatic heterocycles. The van der Waals surface area contributed by atoms with Crippen LogP contribution >= 0.6 is 0 Å². The van der Waals surface area contributed by atoms with Crippen molar-refractivity contribution in [3.05, 3.63) is 0 Å². The Labute approximate surface area is 129 Å². The molecule has 0 heterocycles. The third-order valence-electron chi connectivity index (χ3n) is 4.09. The molecule has 0 aromatic carbocycles. The van der Waals surface area contributed by atoms with E-state index in [2.05, 4.69) is 27.7 Å². The molecule has 2 unspecified atom stereocenters. The molecule has 2 heteroatoms. The summed E-state index contributed by atoms with van der Waals surface area (Å²) in [6, 6.07) is 0. The molecule has 0 saturated heterocycles. The van der Waals surface area contributed by atoms with Crippen LogP contribution in [-0.2, 0) is 0 Å². The first-order valence-electron chi connectivity index (χ1n) is 8.09. The first kappa shape index (κ1) is 21.1. The Balaban J connectivity index is 0. The standard InChI is InChI=1S/2C8H17.Al.ClH/c2*1-4-6-7-8(3)5-2;;/h2*8H,3-7H2,1-2H3;;1H/q;;+1;/p-1. The van der Waals surface area contributed by atoms with Crippen LogP contribution in [0.15, 0.2) is 0 Å². The second kappa shape index (κ2) is 15.9. The van der Waals surface area contributed by atoms with E-state index in [9.17, 15) is 0 Å². The summed E-state index contributed by atoms with van der Waals surface area (Å²) in [7, 11) is 0. The molecule has 0 radical (unpaired) electrons. The molecule has 0 spiro atoms. The number of hydrogen-bond donors (Lipinski definition) is 0. The van der Waals surface area contributed by atoms with Crippen molar-refractivity contribution >= 4 is 15.2 Å².